The van der Waals surface area contributed by atoms with E-state index in [1.807, 2.05) is 25.1 Å². The van der Waals surface area contributed by atoms with Crippen molar-refractivity contribution < 1.29 is 23.1 Å². The maximum Gasteiger partial charge on any atom is 0.416 e. The number of rotatable bonds is 4. The van der Waals surface area contributed by atoms with Gasteiger partial charge >= 0.3 is 12.3 Å². The molecule has 0 saturated heterocycles. The van der Waals surface area contributed by atoms with Crippen molar-refractivity contribution in [2.75, 3.05) is 5.32 Å². The van der Waals surface area contributed by atoms with Gasteiger partial charge in [-0.25, -0.2) is 4.79 Å². The van der Waals surface area contributed by atoms with Crippen LogP contribution >= 0.6 is 0 Å². The van der Waals surface area contributed by atoms with Crippen LogP contribution in [0.25, 0.3) is 0 Å². The molecule has 27 heavy (non-hydrogen) atoms. The second-order valence-corrected chi connectivity index (χ2v) is 6.70. The van der Waals surface area contributed by atoms with Crippen LogP contribution in [0, 0.1) is 0 Å². The Kier molecular flexibility index (Phi) is 5.30. The standard InChI is InChI=1S/C20H21F3N2O2/c1-2-15-11-18(25(19(26)27)12-13-6-4-3-5-7-13)16-10-14(20(21,22)23)8-9-17(16)24-15/h3-10,15,18,24H,2,11-12H2,1H3,(H,26,27)/t15-,18+/m1/s1. The lowest BCUT2D eigenvalue weighted by molar-refractivity contribution is -0.137. The molecule has 0 aromatic heterocycles. The van der Waals surface area contributed by atoms with E-state index in [4.69, 9.17) is 0 Å². The summed E-state index contributed by atoms with van der Waals surface area (Å²) >= 11 is 0. The van der Waals surface area contributed by atoms with Crippen LogP contribution < -0.4 is 5.32 Å². The molecule has 0 fully saturated rings. The third-order valence-electron chi connectivity index (χ3n) is 4.92. The maximum atomic E-state index is 13.2. The van der Waals surface area contributed by atoms with Gasteiger partial charge in [0, 0.05) is 18.3 Å². The number of nitrogens with zero attached hydrogens (tertiary/aromatic N) is 1. The van der Waals surface area contributed by atoms with Crippen molar-refractivity contribution in [3.63, 3.8) is 0 Å². The summed E-state index contributed by atoms with van der Waals surface area (Å²) in [6.45, 7) is 2.08. The number of amides is 1. The van der Waals surface area contributed by atoms with E-state index in [-0.39, 0.29) is 12.6 Å². The Morgan fingerprint density at radius 2 is 1.93 bits per heavy atom. The van der Waals surface area contributed by atoms with Gasteiger partial charge in [0.2, 0.25) is 0 Å². The highest BCUT2D eigenvalue weighted by Gasteiger charge is 2.36. The Hall–Kier alpha value is -2.70. The molecule has 1 aliphatic rings. The van der Waals surface area contributed by atoms with Crippen molar-refractivity contribution in [3.05, 3.63) is 65.2 Å². The topological polar surface area (TPSA) is 52.6 Å². The highest BCUT2D eigenvalue weighted by molar-refractivity contribution is 5.68. The highest BCUT2D eigenvalue weighted by Crippen LogP contribution is 2.41. The lowest BCUT2D eigenvalue weighted by Crippen LogP contribution is -2.40. The molecule has 144 valence electrons. The fraction of sp³-hybridized carbons (Fsp3) is 0.350. The van der Waals surface area contributed by atoms with E-state index in [0.29, 0.717) is 17.7 Å². The van der Waals surface area contributed by atoms with E-state index in [2.05, 4.69) is 5.32 Å². The SMILES string of the molecule is CC[C@@H]1C[C@H](N(Cc2ccccc2)C(=O)O)c2cc(C(F)(F)F)ccc2N1. The van der Waals surface area contributed by atoms with Crippen molar-refractivity contribution in [3.8, 4) is 0 Å². The Bertz CT molecular complexity index is 809. The van der Waals surface area contributed by atoms with Gasteiger partial charge in [0.15, 0.2) is 0 Å². The summed E-state index contributed by atoms with van der Waals surface area (Å²) in [7, 11) is 0. The van der Waals surface area contributed by atoms with E-state index in [1.54, 1.807) is 12.1 Å². The number of hydrogen-bond acceptors (Lipinski definition) is 2. The molecule has 0 unspecified atom stereocenters. The molecular weight excluding hydrogens is 357 g/mol. The van der Waals surface area contributed by atoms with Gasteiger partial charge in [-0.2, -0.15) is 13.2 Å². The minimum Gasteiger partial charge on any atom is -0.465 e. The number of benzene rings is 2. The number of alkyl halides is 3. The third kappa shape index (κ3) is 4.18. The third-order valence-corrected chi connectivity index (χ3v) is 4.92. The van der Waals surface area contributed by atoms with Crippen molar-refractivity contribution in [1.82, 2.24) is 4.90 Å². The number of halogens is 3. The van der Waals surface area contributed by atoms with Crippen molar-refractivity contribution >= 4 is 11.8 Å². The van der Waals surface area contributed by atoms with Crippen molar-refractivity contribution in [1.29, 1.82) is 0 Å². The first-order chi connectivity index (χ1) is 12.8. The number of carboxylic acid groups (broad SMARTS) is 1. The molecule has 0 aliphatic carbocycles. The number of fused-ring (bicyclic) bond motifs is 1. The van der Waals surface area contributed by atoms with Crippen LogP contribution in [0.15, 0.2) is 48.5 Å². The van der Waals surface area contributed by atoms with Gasteiger partial charge in [0.25, 0.3) is 0 Å². The highest BCUT2D eigenvalue weighted by atomic mass is 19.4. The second-order valence-electron chi connectivity index (χ2n) is 6.70. The molecule has 1 aliphatic heterocycles. The Balaban J connectivity index is 2.02. The van der Waals surface area contributed by atoms with Crippen LogP contribution in [-0.4, -0.2) is 22.1 Å². The van der Waals surface area contributed by atoms with Crippen LogP contribution in [0.4, 0.5) is 23.7 Å². The molecule has 2 N–H and O–H groups in total. The average molecular weight is 378 g/mol. The van der Waals surface area contributed by atoms with E-state index < -0.39 is 23.9 Å². The summed E-state index contributed by atoms with van der Waals surface area (Å²) in [6, 6.07) is 11.9. The first-order valence-corrected chi connectivity index (χ1v) is 8.80. The monoisotopic (exact) mass is 378 g/mol. The minimum absolute atomic E-state index is 0.00291. The molecule has 0 saturated carbocycles. The molecule has 3 rings (SSSR count). The van der Waals surface area contributed by atoms with Crippen LogP contribution in [0.5, 0.6) is 0 Å². The molecule has 0 spiro atoms. The second kappa shape index (κ2) is 7.50. The minimum atomic E-state index is -4.48. The Labute approximate surface area is 155 Å². The van der Waals surface area contributed by atoms with Crippen molar-refractivity contribution in [2.45, 2.75) is 44.6 Å². The molecule has 0 radical (unpaired) electrons. The first kappa shape index (κ1) is 19.1. The van der Waals surface area contributed by atoms with Crippen LogP contribution in [0.1, 0.15) is 42.5 Å². The molecule has 7 heteroatoms. The fourth-order valence-electron chi connectivity index (χ4n) is 3.48. The molecule has 0 bridgehead atoms. The normalized spacial score (nSPS) is 19.1. The zero-order valence-corrected chi connectivity index (χ0v) is 14.8. The lowest BCUT2D eigenvalue weighted by atomic mass is 9.89. The largest absolute Gasteiger partial charge is 0.465 e. The van der Waals surface area contributed by atoms with Gasteiger partial charge in [-0.1, -0.05) is 37.3 Å². The maximum absolute atomic E-state index is 13.2. The molecule has 1 amide bonds. The predicted molar refractivity (Wildman–Crippen MR) is 96.5 cm³/mol. The van der Waals surface area contributed by atoms with E-state index in [9.17, 15) is 23.1 Å². The van der Waals surface area contributed by atoms with Crippen LogP contribution in [0.3, 0.4) is 0 Å². The summed E-state index contributed by atoms with van der Waals surface area (Å²) in [5, 5.41) is 13.0. The molecular formula is C20H21F3N2O2. The summed E-state index contributed by atoms with van der Waals surface area (Å²) in [5.74, 6) is 0. The molecule has 2 atom stereocenters. The van der Waals surface area contributed by atoms with Crippen LogP contribution in [0.2, 0.25) is 0 Å². The van der Waals surface area contributed by atoms with E-state index >= 15 is 0 Å². The summed E-state index contributed by atoms with van der Waals surface area (Å²) < 4.78 is 39.6. The average Bonchev–Trinajstić information content (AvgIpc) is 2.64. The van der Waals surface area contributed by atoms with Crippen molar-refractivity contribution in [2.24, 2.45) is 0 Å². The van der Waals surface area contributed by atoms with Crippen LogP contribution in [-0.2, 0) is 12.7 Å². The predicted octanol–water partition coefficient (Wildman–Crippen LogP) is 5.52. The molecule has 1 heterocycles. The zero-order chi connectivity index (χ0) is 19.6. The lowest BCUT2D eigenvalue weighted by Gasteiger charge is -2.38. The summed E-state index contributed by atoms with van der Waals surface area (Å²) in [6.07, 6.45) is -4.46. The summed E-state index contributed by atoms with van der Waals surface area (Å²) in [5.41, 5.74) is 0.950. The van der Waals surface area contributed by atoms with Gasteiger partial charge in [0.05, 0.1) is 11.6 Å². The van der Waals surface area contributed by atoms with Gasteiger partial charge in [-0.15, -0.1) is 0 Å². The number of carbonyl (C=O) groups is 1. The number of hydrogen-bond donors (Lipinski definition) is 2. The fourth-order valence-corrected chi connectivity index (χ4v) is 3.48. The Morgan fingerprint density at radius 3 is 2.52 bits per heavy atom. The zero-order valence-electron chi connectivity index (χ0n) is 14.8. The Morgan fingerprint density at radius 1 is 1.22 bits per heavy atom. The first-order valence-electron chi connectivity index (χ1n) is 8.80. The number of anilines is 1. The quantitative estimate of drug-likeness (QED) is 0.736. The van der Waals surface area contributed by atoms with E-state index in [0.717, 1.165) is 24.1 Å². The molecule has 4 nitrogen and oxygen atoms in total. The van der Waals surface area contributed by atoms with Gasteiger partial charge in [0.1, 0.15) is 0 Å². The molecule has 2 aromatic rings. The van der Waals surface area contributed by atoms with E-state index in [1.165, 1.54) is 11.0 Å². The molecule has 2 aromatic carbocycles. The van der Waals surface area contributed by atoms with Gasteiger partial charge < -0.3 is 10.4 Å². The van der Waals surface area contributed by atoms with Gasteiger partial charge in [-0.05, 0) is 42.2 Å². The van der Waals surface area contributed by atoms with Gasteiger partial charge in [-0.3, -0.25) is 4.90 Å². The number of nitrogens with one attached hydrogen (secondary N) is 1. The summed E-state index contributed by atoms with van der Waals surface area (Å²) in [4.78, 5) is 13.2. The smallest absolute Gasteiger partial charge is 0.416 e.